The second-order valence-electron chi connectivity index (χ2n) is 10.6. The maximum Gasteiger partial charge on any atom is 0.335 e. The second kappa shape index (κ2) is 14.4. The smallest absolute Gasteiger partial charge is 0.335 e. The Bertz CT molecular complexity index is 1620. The summed E-state index contributed by atoms with van der Waals surface area (Å²) in [5, 5.41) is 12.5. The van der Waals surface area contributed by atoms with Gasteiger partial charge in [-0.2, -0.15) is 0 Å². The van der Waals surface area contributed by atoms with Gasteiger partial charge in [-0.1, -0.05) is 53.8 Å². The molecule has 44 heavy (non-hydrogen) atoms. The van der Waals surface area contributed by atoms with Crippen LogP contribution < -0.4 is 10.1 Å². The van der Waals surface area contributed by atoms with Gasteiger partial charge in [0.15, 0.2) is 0 Å². The number of likely N-dealkylation sites (tertiary alicyclic amines) is 1. The van der Waals surface area contributed by atoms with Crippen LogP contribution in [0, 0.1) is 6.92 Å². The molecule has 0 radical (unpaired) electrons. The fraction of sp³-hybridized carbons (Fsp3) is 0.273. The Kier molecular flexibility index (Phi) is 10.4. The highest BCUT2D eigenvalue weighted by Gasteiger charge is 2.32. The highest BCUT2D eigenvalue weighted by Crippen LogP contribution is 2.36. The summed E-state index contributed by atoms with van der Waals surface area (Å²) in [7, 11) is 0. The number of rotatable bonds is 11. The average molecular weight is 650 g/mol. The molecule has 0 saturated carbocycles. The van der Waals surface area contributed by atoms with E-state index >= 15 is 0 Å². The lowest BCUT2D eigenvalue weighted by Gasteiger charge is -2.17. The number of thiocarbonyl (C=S) groups is 1. The molecule has 2 fully saturated rings. The molecule has 228 valence electrons. The van der Waals surface area contributed by atoms with E-state index in [2.05, 4.69) is 10.2 Å². The number of carbonyl (C=O) groups excluding carboxylic acids is 2. The molecular weight excluding hydrogens is 618 g/mol. The molecule has 5 rings (SSSR count). The SMILES string of the molecule is Cc1ccc(-c2ccc(OCCN3CCCC3)c(/C=C3\SC(=S)N(CCC(=O)Nc4ccc(C(=O)O)cc4)C3=O)c2)cc1Cl. The van der Waals surface area contributed by atoms with Crippen LogP contribution in [0.2, 0.25) is 5.02 Å². The summed E-state index contributed by atoms with van der Waals surface area (Å²) in [6.07, 6.45) is 4.24. The van der Waals surface area contributed by atoms with Gasteiger partial charge in [0.2, 0.25) is 5.91 Å². The van der Waals surface area contributed by atoms with E-state index in [1.54, 1.807) is 6.08 Å². The van der Waals surface area contributed by atoms with Crippen molar-refractivity contribution in [2.45, 2.75) is 26.2 Å². The Morgan fingerprint density at radius 2 is 1.75 bits per heavy atom. The molecule has 3 aromatic rings. The van der Waals surface area contributed by atoms with Crippen molar-refractivity contribution in [2.24, 2.45) is 0 Å². The van der Waals surface area contributed by atoms with Gasteiger partial charge in [-0.15, -0.1) is 0 Å². The Balaban J connectivity index is 1.30. The molecule has 0 spiro atoms. The average Bonchev–Trinajstić information content (AvgIpc) is 3.61. The topological polar surface area (TPSA) is 99.2 Å². The van der Waals surface area contributed by atoms with E-state index in [-0.39, 0.29) is 30.3 Å². The first-order chi connectivity index (χ1) is 21.2. The number of nitrogens with zero attached hydrogens (tertiary/aromatic N) is 2. The van der Waals surface area contributed by atoms with E-state index < -0.39 is 5.97 Å². The number of nitrogens with one attached hydrogen (secondary N) is 1. The van der Waals surface area contributed by atoms with Crippen molar-refractivity contribution in [1.82, 2.24) is 9.80 Å². The van der Waals surface area contributed by atoms with Crippen LogP contribution in [-0.4, -0.2) is 69.8 Å². The largest absolute Gasteiger partial charge is 0.492 e. The maximum atomic E-state index is 13.4. The quantitative estimate of drug-likeness (QED) is 0.175. The predicted molar refractivity (Wildman–Crippen MR) is 179 cm³/mol. The number of ether oxygens (including phenoxy) is 1. The molecule has 2 N–H and O–H groups in total. The third kappa shape index (κ3) is 7.87. The summed E-state index contributed by atoms with van der Waals surface area (Å²) in [5.41, 5.74) is 4.23. The molecular formula is C33H32ClN3O5S2. The molecule has 2 amide bonds. The molecule has 2 heterocycles. The lowest BCUT2D eigenvalue weighted by atomic mass is 10.0. The van der Waals surface area contributed by atoms with Crippen LogP contribution in [0.4, 0.5) is 5.69 Å². The number of anilines is 1. The van der Waals surface area contributed by atoms with Crippen LogP contribution in [0.3, 0.4) is 0 Å². The van der Waals surface area contributed by atoms with E-state index in [4.69, 9.17) is 33.7 Å². The number of aryl methyl sites for hydroxylation is 1. The number of halogens is 1. The normalized spacial score (nSPS) is 16.1. The van der Waals surface area contributed by atoms with Crippen molar-refractivity contribution in [3.05, 3.63) is 87.3 Å². The number of benzene rings is 3. The van der Waals surface area contributed by atoms with E-state index in [1.165, 1.54) is 53.8 Å². The van der Waals surface area contributed by atoms with Gasteiger partial charge in [0.1, 0.15) is 16.7 Å². The summed E-state index contributed by atoms with van der Waals surface area (Å²) in [6, 6.07) is 17.7. The van der Waals surface area contributed by atoms with E-state index in [0.29, 0.717) is 32.3 Å². The fourth-order valence-corrected chi connectivity index (χ4v) is 6.48. The highest BCUT2D eigenvalue weighted by molar-refractivity contribution is 8.26. The molecule has 2 aliphatic heterocycles. The second-order valence-corrected chi connectivity index (χ2v) is 12.7. The molecule has 11 heteroatoms. The minimum atomic E-state index is -1.04. The summed E-state index contributed by atoms with van der Waals surface area (Å²) >= 11 is 13.1. The van der Waals surface area contributed by atoms with E-state index in [1.807, 2.05) is 43.3 Å². The van der Waals surface area contributed by atoms with Crippen LogP contribution in [0.1, 0.15) is 40.7 Å². The Hall–Kier alpha value is -3.70. The summed E-state index contributed by atoms with van der Waals surface area (Å²) < 4.78 is 6.60. The van der Waals surface area contributed by atoms with Crippen molar-refractivity contribution >= 4 is 69.4 Å². The van der Waals surface area contributed by atoms with Crippen LogP contribution in [0.25, 0.3) is 17.2 Å². The van der Waals surface area contributed by atoms with Gasteiger partial charge in [-0.05, 0) is 98.1 Å². The number of carboxylic acids is 1. The zero-order chi connectivity index (χ0) is 31.2. The van der Waals surface area contributed by atoms with Crippen LogP contribution in [0.15, 0.2) is 65.6 Å². The van der Waals surface area contributed by atoms with Crippen LogP contribution in [0.5, 0.6) is 5.75 Å². The van der Waals surface area contributed by atoms with E-state index in [0.717, 1.165) is 41.9 Å². The van der Waals surface area contributed by atoms with Crippen molar-refractivity contribution < 1.29 is 24.2 Å². The number of hydrogen-bond donors (Lipinski definition) is 2. The number of amides is 2. The monoisotopic (exact) mass is 649 g/mol. The Morgan fingerprint density at radius 3 is 2.45 bits per heavy atom. The van der Waals surface area contributed by atoms with Gasteiger partial charge in [0, 0.05) is 35.8 Å². The lowest BCUT2D eigenvalue weighted by molar-refractivity contribution is -0.122. The van der Waals surface area contributed by atoms with Gasteiger partial charge in [-0.3, -0.25) is 19.4 Å². The number of thioether (sulfide) groups is 1. The van der Waals surface area contributed by atoms with Gasteiger partial charge in [0.25, 0.3) is 5.91 Å². The summed E-state index contributed by atoms with van der Waals surface area (Å²) in [4.78, 5) is 41.3. The zero-order valence-corrected chi connectivity index (χ0v) is 26.6. The van der Waals surface area contributed by atoms with Gasteiger partial charge < -0.3 is 15.2 Å². The van der Waals surface area contributed by atoms with Gasteiger partial charge >= 0.3 is 5.97 Å². The minimum absolute atomic E-state index is 0.0227. The molecule has 0 bridgehead atoms. The van der Waals surface area contributed by atoms with Gasteiger partial charge in [-0.25, -0.2) is 4.79 Å². The molecule has 0 aliphatic carbocycles. The van der Waals surface area contributed by atoms with E-state index in [9.17, 15) is 14.4 Å². The number of carbonyl (C=O) groups is 3. The highest BCUT2D eigenvalue weighted by atomic mass is 35.5. The van der Waals surface area contributed by atoms with Gasteiger partial charge in [0.05, 0.1) is 10.5 Å². The molecule has 2 aliphatic rings. The Morgan fingerprint density at radius 1 is 1.05 bits per heavy atom. The third-order valence-electron chi connectivity index (χ3n) is 7.52. The van der Waals surface area contributed by atoms with Crippen molar-refractivity contribution in [1.29, 1.82) is 0 Å². The zero-order valence-electron chi connectivity index (χ0n) is 24.2. The molecule has 0 unspecified atom stereocenters. The fourth-order valence-electron chi connectivity index (χ4n) is 5.00. The lowest BCUT2D eigenvalue weighted by Crippen LogP contribution is -2.31. The van der Waals surface area contributed by atoms with Crippen molar-refractivity contribution in [2.75, 3.05) is 38.1 Å². The standard InChI is InChI=1S/C33H32ClN3O5S2/c1-21-4-5-24(19-27(21)34)23-8-11-28(42-17-16-36-13-2-3-14-36)25(18-23)20-29-31(39)37(33(43)44-29)15-12-30(38)35-26-9-6-22(7-10-26)32(40)41/h4-11,18-20H,2-3,12-17H2,1H3,(H,35,38)(H,40,41)/b29-20-. The predicted octanol–water partition coefficient (Wildman–Crippen LogP) is 6.72. The van der Waals surface area contributed by atoms with Crippen LogP contribution in [-0.2, 0) is 9.59 Å². The first kappa shape index (κ1) is 31.7. The Labute approximate surface area is 271 Å². The molecule has 3 aromatic carbocycles. The number of hydrogen-bond acceptors (Lipinski definition) is 7. The number of carboxylic acid groups (broad SMARTS) is 1. The third-order valence-corrected chi connectivity index (χ3v) is 9.30. The summed E-state index contributed by atoms with van der Waals surface area (Å²) in [5.74, 6) is -0.961. The summed E-state index contributed by atoms with van der Waals surface area (Å²) in [6.45, 7) is 5.61. The first-order valence-electron chi connectivity index (χ1n) is 14.3. The van der Waals surface area contributed by atoms with Crippen molar-refractivity contribution in [3.63, 3.8) is 0 Å². The minimum Gasteiger partial charge on any atom is -0.492 e. The number of aromatic carboxylic acids is 1. The maximum absolute atomic E-state index is 13.4. The molecule has 8 nitrogen and oxygen atoms in total. The first-order valence-corrected chi connectivity index (χ1v) is 15.9. The molecule has 0 atom stereocenters. The molecule has 0 aromatic heterocycles. The van der Waals surface area contributed by atoms with Crippen molar-refractivity contribution in [3.8, 4) is 16.9 Å². The van der Waals surface area contributed by atoms with Crippen LogP contribution >= 0.6 is 35.6 Å². The molecule has 2 saturated heterocycles.